The summed E-state index contributed by atoms with van der Waals surface area (Å²) < 4.78 is 13.5. The van der Waals surface area contributed by atoms with Crippen molar-refractivity contribution < 1.29 is 9.50 Å². The van der Waals surface area contributed by atoms with Gasteiger partial charge in [0.05, 0.1) is 12.1 Å². The molecule has 2 N–H and O–H groups in total. The Balaban J connectivity index is 1.79. The van der Waals surface area contributed by atoms with Gasteiger partial charge in [-0.25, -0.2) is 4.39 Å². The molecule has 20 heavy (non-hydrogen) atoms. The van der Waals surface area contributed by atoms with E-state index >= 15 is 0 Å². The van der Waals surface area contributed by atoms with E-state index in [1.807, 2.05) is 13.0 Å². The summed E-state index contributed by atoms with van der Waals surface area (Å²) in [7, 11) is 0. The maximum Gasteiger partial charge on any atom is 0.125 e. The lowest BCUT2D eigenvalue weighted by atomic mass is 9.96. The molecule has 3 rings (SSSR count). The van der Waals surface area contributed by atoms with Crippen LogP contribution in [0.4, 0.5) is 10.1 Å². The second-order valence-corrected chi connectivity index (χ2v) is 6.54. The molecule has 0 bridgehead atoms. The van der Waals surface area contributed by atoms with Gasteiger partial charge in [0.1, 0.15) is 5.82 Å². The number of anilines is 1. The first kappa shape index (κ1) is 13.8. The number of hydrogen-bond donors (Lipinski definition) is 2. The summed E-state index contributed by atoms with van der Waals surface area (Å²) in [6.45, 7) is 5.02. The fraction of sp³-hybridized carbons (Fsp3) is 0.625. The molecule has 1 heterocycles. The topological polar surface area (TPSA) is 35.5 Å². The predicted octanol–water partition coefficient (Wildman–Crippen LogP) is 2.53. The van der Waals surface area contributed by atoms with E-state index in [0.717, 1.165) is 24.2 Å². The number of rotatable bonds is 4. The Kier molecular flexibility index (Phi) is 3.46. The Labute approximate surface area is 119 Å². The number of benzene rings is 1. The van der Waals surface area contributed by atoms with E-state index in [2.05, 4.69) is 17.1 Å². The average molecular weight is 278 g/mol. The smallest absolute Gasteiger partial charge is 0.125 e. The van der Waals surface area contributed by atoms with Crippen molar-refractivity contribution in [3.63, 3.8) is 0 Å². The third-order valence-electron chi connectivity index (χ3n) is 4.51. The molecular weight excluding hydrogens is 255 g/mol. The molecule has 0 radical (unpaired) electrons. The molecule has 1 aromatic carbocycles. The SMILES string of the molecule is Cc1cc(F)cc(NC2(CO)CC(C)N(C3CC3)C2)c1. The first-order valence-corrected chi connectivity index (χ1v) is 7.43. The average Bonchev–Trinajstić information content (AvgIpc) is 3.14. The second-order valence-electron chi connectivity index (χ2n) is 6.54. The molecule has 1 aliphatic heterocycles. The number of aliphatic hydroxyl groups is 1. The number of nitrogens with one attached hydrogen (secondary N) is 1. The van der Waals surface area contributed by atoms with Crippen LogP contribution in [0.5, 0.6) is 0 Å². The Morgan fingerprint density at radius 1 is 1.40 bits per heavy atom. The van der Waals surface area contributed by atoms with Crippen molar-refractivity contribution >= 4 is 5.69 Å². The molecular formula is C16H23FN2O. The van der Waals surface area contributed by atoms with Gasteiger partial charge in [-0.15, -0.1) is 0 Å². The van der Waals surface area contributed by atoms with Crippen LogP contribution in [0.15, 0.2) is 18.2 Å². The minimum atomic E-state index is -0.345. The van der Waals surface area contributed by atoms with E-state index in [1.54, 1.807) is 0 Å². The highest BCUT2D eigenvalue weighted by molar-refractivity contribution is 5.49. The normalized spacial score (nSPS) is 30.7. The number of nitrogens with zero attached hydrogens (tertiary/aromatic N) is 1. The lowest BCUT2D eigenvalue weighted by molar-refractivity contribution is 0.201. The molecule has 0 amide bonds. The Morgan fingerprint density at radius 2 is 2.15 bits per heavy atom. The Morgan fingerprint density at radius 3 is 2.75 bits per heavy atom. The first-order chi connectivity index (χ1) is 9.51. The minimum absolute atomic E-state index is 0.0795. The zero-order chi connectivity index (χ0) is 14.3. The van der Waals surface area contributed by atoms with Crippen molar-refractivity contribution in [3.8, 4) is 0 Å². The number of likely N-dealkylation sites (tertiary alicyclic amines) is 1. The summed E-state index contributed by atoms with van der Waals surface area (Å²) in [5.74, 6) is -0.231. The van der Waals surface area contributed by atoms with Gasteiger partial charge in [-0.3, -0.25) is 4.90 Å². The van der Waals surface area contributed by atoms with Gasteiger partial charge in [-0.1, -0.05) is 0 Å². The summed E-state index contributed by atoms with van der Waals surface area (Å²) >= 11 is 0. The maximum absolute atomic E-state index is 13.5. The molecule has 0 aromatic heterocycles. The van der Waals surface area contributed by atoms with Crippen LogP contribution in [0.3, 0.4) is 0 Å². The zero-order valence-corrected chi connectivity index (χ0v) is 12.2. The molecule has 4 heteroatoms. The molecule has 2 unspecified atom stereocenters. The monoisotopic (exact) mass is 278 g/mol. The third-order valence-corrected chi connectivity index (χ3v) is 4.51. The Bertz CT molecular complexity index is 483. The van der Waals surface area contributed by atoms with Crippen LogP contribution in [-0.2, 0) is 0 Å². The first-order valence-electron chi connectivity index (χ1n) is 7.43. The van der Waals surface area contributed by atoms with Gasteiger partial charge >= 0.3 is 0 Å². The van der Waals surface area contributed by atoms with Gasteiger partial charge in [0.2, 0.25) is 0 Å². The van der Waals surface area contributed by atoms with Crippen molar-refractivity contribution in [2.75, 3.05) is 18.5 Å². The van der Waals surface area contributed by atoms with Gasteiger partial charge in [-0.05, 0) is 56.9 Å². The number of aryl methyl sites for hydroxylation is 1. The highest BCUT2D eigenvalue weighted by atomic mass is 19.1. The van der Waals surface area contributed by atoms with Gasteiger partial charge in [0.25, 0.3) is 0 Å². The van der Waals surface area contributed by atoms with Gasteiger partial charge in [0, 0.05) is 24.3 Å². The third kappa shape index (κ3) is 2.67. The van der Waals surface area contributed by atoms with Crippen LogP contribution < -0.4 is 5.32 Å². The summed E-state index contributed by atoms with van der Waals surface area (Å²) in [5.41, 5.74) is 1.31. The number of halogens is 1. The molecule has 2 aliphatic rings. The van der Waals surface area contributed by atoms with E-state index < -0.39 is 0 Å². The molecule has 2 atom stereocenters. The van der Waals surface area contributed by atoms with Crippen LogP contribution in [0.1, 0.15) is 31.7 Å². The Hall–Kier alpha value is -1.13. The van der Waals surface area contributed by atoms with Crippen LogP contribution in [0.25, 0.3) is 0 Å². The minimum Gasteiger partial charge on any atom is -0.394 e. The summed E-state index contributed by atoms with van der Waals surface area (Å²) in [5, 5.41) is 13.3. The van der Waals surface area contributed by atoms with Crippen molar-refractivity contribution in [2.24, 2.45) is 0 Å². The molecule has 1 saturated heterocycles. The predicted molar refractivity (Wildman–Crippen MR) is 78.4 cm³/mol. The van der Waals surface area contributed by atoms with Crippen LogP contribution >= 0.6 is 0 Å². The highest BCUT2D eigenvalue weighted by Crippen LogP contribution is 2.38. The maximum atomic E-state index is 13.5. The van der Waals surface area contributed by atoms with Gasteiger partial charge in [0.15, 0.2) is 0 Å². The zero-order valence-electron chi connectivity index (χ0n) is 12.2. The second kappa shape index (κ2) is 5.01. The lowest BCUT2D eigenvalue weighted by Gasteiger charge is -2.30. The summed E-state index contributed by atoms with van der Waals surface area (Å²) in [4.78, 5) is 2.48. The van der Waals surface area contributed by atoms with Crippen molar-refractivity contribution in [1.82, 2.24) is 4.90 Å². The van der Waals surface area contributed by atoms with Crippen LogP contribution in [0, 0.1) is 12.7 Å². The van der Waals surface area contributed by atoms with E-state index in [4.69, 9.17) is 0 Å². The molecule has 3 nitrogen and oxygen atoms in total. The lowest BCUT2D eigenvalue weighted by Crippen LogP contribution is -2.45. The van der Waals surface area contributed by atoms with Gasteiger partial charge in [-0.2, -0.15) is 0 Å². The fourth-order valence-corrected chi connectivity index (χ4v) is 3.51. The summed E-state index contributed by atoms with van der Waals surface area (Å²) in [6, 6.07) is 6.12. The molecule has 2 fully saturated rings. The highest BCUT2D eigenvalue weighted by Gasteiger charge is 2.46. The van der Waals surface area contributed by atoms with Crippen molar-refractivity contribution in [2.45, 2.75) is 50.7 Å². The largest absolute Gasteiger partial charge is 0.394 e. The van der Waals surface area contributed by atoms with Crippen molar-refractivity contribution in [3.05, 3.63) is 29.6 Å². The van der Waals surface area contributed by atoms with E-state index in [1.165, 1.54) is 25.0 Å². The number of hydrogen-bond acceptors (Lipinski definition) is 3. The van der Waals surface area contributed by atoms with E-state index in [0.29, 0.717) is 12.1 Å². The van der Waals surface area contributed by atoms with Crippen LogP contribution in [-0.4, -0.2) is 40.8 Å². The van der Waals surface area contributed by atoms with Gasteiger partial charge < -0.3 is 10.4 Å². The van der Waals surface area contributed by atoms with E-state index in [9.17, 15) is 9.50 Å². The van der Waals surface area contributed by atoms with Crippen LogP contribution in [0.2, 0.25) is 0 Å². The number of aliphatic hydroxyl groups excluding tert-OH is 1. The quantitative estimate of drug-likeness (QED) is 0.888. The van der Waals surface area contributed by atoms with E-state index in [-0.39, 0.29) is 18.0 Å². The molecule has 1 aliphatic carbocycles. The molecule has 110 valence electrons. The summed E-state index contributed by atoms with van der Waals surface area (Å²) in [6.07, 6.45) is 3.44. The standard InChI is InChI=1S/C16H23FN2O/c1-11-5-13(17)7-14(6-11)18-16(10-20)8-12(2)19(9-16)15-3-4-15/h5-7,12,15,18,20H,3-4,8-10H2,1-2H3. The molecule has 1 aromatic rings. The molecule has 0 spiro atoms. The van der Waals surface area contributed by atoms with Crippen molar-refractivity contribution in [1.29, 1.82) is 0 Å². The molecule has 1 saturated carbocycles. The fourth-order valence-electron chi connectivity index (χ4n) is 3.51.